The molecule has 0 fully saturated rings. The van der Waals surface area contributed by atoms with Gasteiger partial charge in [-0.3, -0.25) is 4.57 Å². The van der Waals surface area contributed by atoms with Crippen LogP contribution in [0.5, 0.6) is 0 Å². The zero-order chi connectivity index (χ0) is 38.6. The SMILES string of the molecule is N#Cc1cc(-c2nc(-c3ccccc3)nc(-n3c4ccccc4c4ccccc43)n2)ccc1-n1c2ccc(-c3ccccc3)cc2c2cc(-c3ccccc3)ccc21. The van der Waals surface area contributed by atoms with E-state index in [9.17, 15) is 5.26 Å². The van der Waals surface area contributed by atoms with Crippen molar-refractivity contribution in [2.75, 3.05) is 0 Å². The highest BCUT2D eigenvalue weighted by Crippen LogP contribution is 2.39. The molecule has 8 aromatic carbocycles. The maximum atomic E-state index is 10.9. The first-order valence-corrected chi connectivity index (χ1v) is 19.3. The fourth-order valence-corrected chi connectivity index (χ4v) is 8.31. The van der Waals surface area contributed by atoms with Crippen molar-refractivity contribution in [2.24, 2.45) is 0 Å². The van der Waals surface area contributed by atoms with E-state index in [1.165, 1.54) is 0 Å². The molecule has 0 bridgehead atoms. The minimum absolute atomic E-state index is 0.482. The fraction of sp³-hybridized carbons (Fsp3) is 0. The minimum Gasteiger partial charge on any atom is -0.308 e. The first kappa shape index (κ1) is 33.2. The van der Waals surface area contributed by atoms with Crippen LogP contribution in [-0.4, -0.2) is 24.1 Å². The third-order valence-corrected chi connectivity index (χ3v) is 11.0. The lowest BCUT2D eigenvalue weighted by Gasteiger charge is -2.13. The van der Waals surface area contributed by atoms with Crippen molar-refractivity contribution in [1.29, 1.82) is 5.26 Å². The second-order valence-electron chi connectivity index (χ2n) is 14.4. The molecule has 3 aromatic heterocycles. The number of nitrogens with zero attached hydrogens (tertiary/aromatic N) is 6. The van der Waals surface area contributed by atoms with E-state index in [4.69, 9.17) is 15.0 Å². The number of rotatable bonds is 6. The van der Waals surface area contributed by atoms with Gasteiger partial charge in [0.1, 0.15) is 6.07 Å². The number of hydrogen-bond acceptors (Lipinski definition) is 4. The second-order valence-corrected chi connectivity index (χ2v) is 14.4. The summed E-state index contributed by atoms with van der Waals surface area (Å²) in [4.78, 5) is 15.2. The van der Waals surface area contributed by atoms with Gasteiger partial charge in [0.15, 0.2) is 11.6 Å². The third-order valence-electron chi connectivity index (χ3n) is 11.0. The average Bonchev–Trinajstić information content (AvgIpc) is 3.81. The van der Waals surface area contributed by atoms with E-state index in [0.29, 0.717) is 23.2 Å². The minimum atomic E-state index is 0.482. The van der Waals surface area contributed by atoms with Gasteiger partial charge in [0.05, 0.1) is 33.3 Å². The van der Waals surface area contributed by atoms with Crippen LogP contribution in [-0.2, 0) is 0 Å². The summed E-state index contributed by atoms with van der Waals surface area (Å²) in [7, 11) is 0. The number of hydrogen-bond donors (Lipinski definition) is 0. The maximum absolute atomic E-state index is 10.9. The third kappa shape index (κ3) is 5.45. The fourth-order valence-electron chi connectivity index (χ4n) is 8.31. The Kier molecular flexibility index (Phi) is 7.76. The van der Waals surface area contributed by atoms with Gasteiger partial charge in [0.2, 0.25) is 5.95 Å². The molecule has 0 saturated heterocycles. The Bertz CT molecular complexity index is 3240. The van der Waals surface area contributed by atoms with Gasteiger partial charge in [0.25, 0.3) is 0 Å². The predicted molar refractivity (Wildman–Crippen MR) is 235 cm³/mol. The summed E-state index contributed by atoms with van der Waals surface area (Å²) in [6.07, 6.45) is 0. The van der Waals surface area contributed by atoms with Crippen molar-refractivity contribution in [3.8, 4) is 62.7 Å². The van der Waals surface area contributed by atoms with Gasteiger partial charge >= 0.3 is 0 Å². The summed E-state index contributed by atoms with van der Waals surface area (Å²) in [5.41, 5.74) is 11.5. The van der Waals surface area contributed by atoms with E-state index >= 15 is 0 Å². The molecule has 11 aromatic rings. The van der Waals surface area contributed by atoms with Crippen LogP contribution in [0.25, 0.3) is 100 Å². The zero-order valence-electron chi connectivity index (χ0n) is 31.2. The number of aromatic nitrogens is 5. The van der Waals surface area contributed by atoms with Gasteiger partial charge in [-0.15, -0.1) is 0 Å². The Hall–Kier alpha value is -8.14. The maximum Gasteiger partial charge on any atom is 0.238 e. The molecule has 58 heavy (non-hydrogen) atoms. The lowest BCUT2D eigenvalue weighted by Crippen LogP contribution is -2.06. The molecule has 0 aliphatic rings. The topological polar surface area (TPSA) is 72.3 Å². The molecule has 0 atom stereocenters. The van der Waals surface area contributed by atoms with E-state index in [1.54, 1.807) is 0 Å². The van der Waals surface area contributed by atoms with Crippen LogP contribution in [0.15, 0.2) is 194 Å². The summed E-state index contributed by atoms with van der Waals surface area (Å²) in [6, 6.07) is 69.2. The van der Waals surface area contributed by atoms with Crippen LogP contribution < -0.4 is 0 Å². The Morgan fingerprint density at radius 3 is 1.33 bits per heavy atom. The van der Waals surface area contributed by atoms with Crippen LogP contribution in [0.4, 0.5) is 0 Å². The Balaban J connectivity index is 1.11. The first-order valence-electron chi connectivity index (χ1n) is 19.3. The molecule has 0 saturated carbocycles. The van der Waals surface area contributed by atoms with E-state index in [0.717, 1.165) is 82.7 Å². The van der Waals surface area contributed by atoms with Crippen molar-refractivity contribution in [1.82, 2.24) is 24.1 Å². The highest BCUT2D eigenvalue weighted by Gasteiger charge is 2.21. The summed E-state index contributed by atoms with van der Waals surface area (Å²) in [5, 5.41) is 15.3. The lowest BCUT2D eigenvalue weighted by atomic mass is 10.0. The normalized spacial score (nSPS) is 11.4. The van der Waals surface area contributed by atoms with E-state index in [-0.39, 0.29) is 0 Å². The van der Waals surface area contributed by atoms with Crippen molar-refractivity contribution in [3.63, 3.8) is 0 Å². The molecule has 6 heteroatoms. The number of nitriles is 1. The molecular formula is C52H32N6. The van der Waals surface area contributed by atoms with E-state index in [2.05, 4.69) is 137 Å². The zero-order valence-corrected chi connectivity index (χ0v) is 31.2. The van der Waals surface area contributed by atoms with Gasteiger partial charge < -0.3 is 4.57 Å². The van der Waals surface area contributed by atoms with Crippen LogP contribution in [0, 0.1) is 11.3 Å². The first-order chi connectivity index (χ1) is 28.7. The number of para-hydroxylation sites is 2. The molecule has 0 N–H and O–H groups in total. The molecule has 0 aliphatic carbocycles. The monoisotopic (exact) mass is 740 g/mol. The van der Waals surface area contributed by atoms with Gasteiger partial charge in [0, 0.05) is 32.7 Å². The van der Waals surface area contributed by atoms with Gasteiger partial charge in [-0.2, -0.15) is 15.2 Å². The van der Waals surface area contributed by atoms with E-state index < -0.39 is 0 Å². The average molecular weight is 741 g/mol. The summed E-state index contributed by atoms with van der Waals surface area (Å²) >= 11 is 0. The largest absolute Gasteiger partial charge is 0.308 e. The summed E-state index contributed by atoms with van der Waals surface area (Å²) < 4.78 is 4.32. The smallest absolute Gasteiger partial charge is 0.238 e. The molecule has 0 amide bonds. The van der Waals surface area contributed by atoms with Gasteiger partial charge in [-0.05, 0) is 76.9 Å². The molecular weight excluding hydrogens is 709 g/mol. The predicted octanol–water partition coefficient (Wildman–Crippen LogP) is 12.6. The summed E-state index contributed by atoms with van der Waals surface area (Å²) in [5.74, 6) is 1.54. The molecule has 0 unspecified atom stereocenters. The highest BCUT2D eigenvalue weighted by molar-refractivity contribution is 6.12. The van der Waals surface area contributed by atoms with Crippen LogP contribution in [0.2, 0.25) is 0 Å². The molecule has 0 radical (unpaired) electrons. The van der Waals surface area contributed by atoms with Crippen LogP contribution >= 0.6 is 0 Å². The van der Waals surface area contributed by atoms with Crippen molar-refractivity contribution in [2.45, 2.75) is 0 Å². The van der Waals surface area contributed by atoms with Crippen LogP contribution in [0.1, 0.15) is 5.56 Å². The standard InChI is InChI=1S/C52H32N6/c53-33-40-30-39(51-54-50(36-18-8-3-9-19-36)55-52(56-51)58-46-22-12-10-20-41(46)42-21-11-13-23-47(42)58)26-27-45(40)57-48-28-24-37(34-14-4-1-5-15-34)31-43(48)44-32-38(25-29-49(44)57)35-16-6-2-7-17-35/h1-32H. The van der Waals surface area contributed by atoms with E-state index in [1.807, 2.05) is 72.8 Å². The lowest BCUT2D eigenvalue weighted by molar-refractivity contribution is 0.953. The number of benzene rings is 8. The Labute approximate surface area is 334 Å². The second kappa shape index (κ2) is 13.6. The molecule has 11 rings (SSSR count). The Morgan fingerprint density at radius 2 is 0.793 bits per heavy atom. The van der Waals surface area contributed by atoms with Crippen molar-refractivity contribution in [3.05, 3.63) is 200 Å². The Morgan fingerprint density at radius 1 is 0.345 bits per heavy atom. The molecule has 6 nitrogen and oxygen atoms in total. The van der Waals surface area contributed by atoms with Gasteiger partial charge in [-0.1, -0.05) is 140 Å². The molecule has 0 spiro atoms. The molecule has 0 aliphatic heterocycles. The van der Waals surface area contributed by atoms with Crippen molar-refractivity contribution < 1.29 is 0 Å². The quantitative estimate of drug-likeness (QED) is 0.170. The highest BCUT2D eigenvalue weighted by atomic mass is 15.2. The van der Waals surface area contributed by atoms with Crippen LogP contribution in [0.3, 0.4) is 0 Å². The molecule has 270 valence electrons. The summed E-state index contributed by atoms with van der Waals surface area (Å²) in [6.45, 7) is 0. The van der Waals surface area contributed by atoms with Crippen molar-refractivity contribution >= 4 is 43.6 Å². The molecule has 3 heterocycles. The van der Waals surface area contributed by atoms with Gasteiger partial charge in [-0.25, -0.2) is 4.98 Å². The number of fused-ring (bicyclic) bond motifs is 6.